The molecule has 0 fully saturated rings. The van der Waals surface area contributed by atoms with Gasteiger partial charge < -0.3 is 10.7 Å². The Hall–Kier alpha value is -1.97. The first-order valence-electron chi connectivity index (χ1n) is 6.22. The van der Waals surface area contributed by atoms with E-state index in [1.807, 2.05) is 0 Å². The van der Waals surface area contributed by atoms with Crippen LogP contribution in [-0.4, -0.2) is 42.3 Å². The summed E-state index contributed by atoms with van der Waals surface area (Å²) in [6.45, 7) is 1.86. The zero-order chi connectivity index (χ0) is 15.8. The molecule has 1 heterocycles. The molecule has 2 aromatic rings. The van der Waals surface area contributed by atoms with Crippen LogP contribution in [0.25, 0.3) is 10.9 Å². The number of hydrogen-bond acceptors (Lipinski definition) is 5. The molecule has 0 aliphatic carbocycles. The molecule has 1 aromatic heterocycles. The van der Waals surface area contributed by atoms with Crippen LogP contribution < -0.4 is 17.0 Å². The van der Waals surface area contributed by atoms with Crippen LogP contribution in [-0.2, 0) is 10.0 Å². The molecule has 0 aliphatic rings. The van der Waals surface area contributed by atoms with Crippen LogP contribution in [0.15, 0.2) is 32.7 Å². The number of benzene rings is 1. The van der Waals surface area contributed by atoms with Crippen molar-refractivity contribution in [2.24, 2.45) is 5.73 Å². The Balaban J connectivity index is 2.63. The van der Waals surface area contributed by atoms with Crippen LogP contribution in [0.4, 0.5) is 0 Å². The van der Waals surface area contributed by atoms with Crippen LogP contribution in [0.2, 0.25) is 0 Å². The fourth-order valence-electron chi connectivity index (χ4n) is 1.86. The fourth-order valence-corrected chi connectivity index (χ4v) is 3.26. The van der Waals surface area contributed by atoms with Gasteiger partial charge >= 0.3 is 5.69 Å². The second-order valence-electron chi connectivity index (χ2n) is 4.72. The van der Waals surface area contributed by atoms with E-state index < -0.39 is 21.3 Å². The topological polar surface area (TPSA) is 129 Å². The highest BCUT2D eigenvalue weighted by molar-refractivity contribution is 7.89. The molecule has 2 rings (SSSR count). The molecule has 114 valence electrons. The SMILES string of the molecule is CC(CN)N(C)S(=O)(=O)c1ccc2[nH]c(=O)[nH]c(=O)c2c1. The molecular formula is C12H16N4O4S. The first-order valence-corrected chi connectivity index (χ1v) is 7.66. The van der Waals surface area contributed by atoms with Gasteiger partial charge in [-0.05, 0) is 25.1 Å². The van der Waals surface area contributed by atoms with Crippen molar-refractivity contribution in [3.8, 4) is 0 Å². The van der Waals surface area contributed by atoms with E-state index in [1.54, 1.807) is 6.92 Å². The number of aromatic amines is 2. The summed E-state index contributed by atoms with van der Waals surface area (Å²) in [4.78, 5) is 27.4. The lowest BCUT2D eigenvalue weighted by atomic mass is 10.2. The van der Waals surface area contributed by atoms with Crippen molar-refractivity contribution in [2.45, 2.75) is 17.9 Å². The minimum atomic E-state index is -3.76. The van der Waals surface area contributed by atoms with Gasteiger partial charge in [0.05, 0.1) is 15.8 Å². The van der Waals surface area contributed by atoms with E-state index in [2.05, 4.69) is 9.97 Å². The van der Waals surface area contributed by atoms with E-state index in [9.17, 15) is 18.0 Å². The minimum Gasteiger partial charge on any atom is -0.329 e. The molecule has 0 bridgehead atoms. The van der Waals surface area contributed by atoms with Crippen LogP contribution in [0.5, 0.6) is 0 Å². The molecule has 1 unspecified atom stereocenters. The van der Waals surface area contributed by atoms with Crippen molar-refractivity contribution in [1.82, 2.24) is 14.3 Å². The highest BCUT2D eigenvalue weighted by atomic mass is 32.2. The number of H-pyrrole nitrogens is 2. The molecule has 0 saturated heterocycles. The quantitative estimate of drug-likeness (QED) is 0.679. The fraction of sp³-hybridized carbons (Fsp3) is 0.333. The molecule has 21 heavy (non-hydrogen) atoms. The van der Waals surface area contributed by atoms with E-state index in [0.717, 1.165) is 4.31 Å². The van der Waals surface area contributed by atoms with Crippen LogP contribution in [0, 0.1) is 0 Å². The Kier molecular flexibility index (Phi) is 3.99. The largest absolute Gasteiger partial charge is 0.329 e. The Morgan fingerprint density at radius 3 is 2.57 bits per heavy atom. The summed E-state index contributed by atoms with van der Waals surface area (Å²) >= 11 is 0. The summed E-state index contributed by atoms with van der Waals surface area (Å²) in [6, 6.07) is 3.59. The molecule has 9 heteroatoms. The van der Waals surface area contributed by atoms with Gasteiger partial charge in [0.25, 0.3) is 5.56 Å². The number of aromatic nitrogens is 2. The second-order valence-corrected chi connectivity index (χ2v) is 6.72. The monoisotopic (exact) mass is 312 g/mol. The number of nitrogens with two attached hydrogens (primary N) is 1. The standard InChI is InChI=1S/C12H16N4O4S/c1-7(6-13)16(2)21(19,20)8-3-4-10-9(5-8)11(17)15-12(18)14-10/h3-5,7H,6,13H2,1-2H3,(H2,14,15,17,18). The van der Waals surface area contributed by atoms with Crippen molar-refractivity contribution >= 4 is 20.9 Å². The maximum absolute atomic E-state index is 12.4. The third-order valence-corrected chi connectivity index (χ3v) is 5.32. The molecule has 1 atom stereocenters. The van der Waals surface area contributed by atoms with Crippen LogP contribution in [0.3, 0.4) is 0 Å². The van der Waals surface area contributed by atoms with Crippen molar-refractivity contribution < 1.29 is 8.42 Å². The Morgan fingerprint density at radius 2 is 1.95 bits per heavy atom. The molecule has 0 radical (unpaired) electrons. The summed E-state index contributed by atoms with van der Waals surface area (Å²) in [5, 5.41) is 0.101. The van der Waals surface area contributed by atoms with Gasteiger partial charge in [0.2, 0.25) is 10.0 Å². The van der Waals surface area contributed by atoms with E-state index in [0.29, 0.717) is 0 Å². The van der Waals surface area contributed by atoms with Gasteiger partial charge in [0.15, 0.2) is 0 Å². The summed E-state index contributed by atoms with van der Waals surface area (Å²) in [5.41, 5.74) is 4.47. The van der Waals surface area contributed by atoms with E-state index in [1.165, 1.54) is 25.2 Å². The normalized spacial score (nSPS) is 13.7. The number of fused-ring (bicyclic) bond motifs is 1. The lowest BCUT2D eigenvalue weighted by molar-refractivity contribution is 0.394. The Labute approximate surface area is 120 Å². The molecule has 0 amide bonds. The number of likely N-dealkylation sites (N-methyl/N-ethyl adjacent to an activating group) is 1. The van der Waals surface area contributed by atoms with Gasteiger partial charge in [-0.3, -0.25) is 9.78 Å². The lowest BCUT2D eigenvalue weighted by Gasteiger charge is -2.23. The minimum absolute atomic E-state index is 0.0321. The second kappa shape index (κ2) is 5.43. The molecule has 0 saturated carbocycles. The average Bonchev–Trinajstić information content (AvgIpc) is 2.44. The number of nitrogens with one attached hydrogen (secondary N) is 2. The van der Waals surface area contributed by atoms with Gasteiger partial charge in [-0.2, -0.15) is 4.31 Å². The molecule has 0 aliphatic heterocycles. The van der Waals surface area contributed by atoms with Crippen molar-refractivity contribution in [2.75, 3.05) is 13.6 Å². The molecule has 1 aromatic carbocycles. The lowest BCUT2D eigenvalue weighted by Crippen LogP contribution is -2.39. The maximum Gasteiger partial charge on any atom is 0.326 e. The van der Waals surface area contributed by atoms with Gasteiger partial charge in [-0.15, -0.1) is 0 Å². The first kappa shape index (κ1) is 15.4. The average molecular weight is 312 g/mol. The highest BCUT2D eigenvalue weighted by Crippen LogP contribution is 2.19. The van der Waals surface area contributed by atoms with E-state index in [-0.39, 0.29) is 28.4 Å². The Morgan fingerprint density at radius 1 is 1.29 bits per heavy atom. The smallest absolute Gasteiger partial charge is 0.326 e. The van der Waals surface area contributed by atoms with Crippen molar-refractivity contribution in [3.05, 3.63) is 39.0 Å². The van der Waals surface area contributed by atoms with Crippen LogP contribution in [0.1, 0.15) is 6.92 Å². The molecular weight excluding hydrogens is 296 g/mol. The van der Waals surface area contributed by atoms with Crippen molar-refractivity contribution in [3.63, 3.8) is 0 Å². The molecule has 4 N–H and O–H groups in total. The summed E-state index contributed by atoms with van der Waals surface area (Å²) in [5.74, 6) is 0. The van der Waals surface area contributed by atoms with Crippen LogP contribution >= 0.6 is 0 Å². The first-order chi connectivity index (χ1) is 9.77. The highest BCUT2D eigenvalue weighted by Gasteiger charge is 2.25. The predicted octanol–water partition coefficient (Wildman–Crippen LogP) is -0.816. The number of hydrogen-bond donors (Lipinski definition) is 3. The predicted molar refractivity (Wildman–Crippen MR) is 78.7 cm³/mol. The summed E-state index contributed by atoms with van der Waals surface area (Å²) in [7, 11) is -2.34. The number of rotatable bonds is 4. The molecule has 0 spiro atoms. The number of sulfonamides is 1. The third kappa shape index (κ3) is 2.75. The third-order valence-electron chi connectivity index (χ3n) is 3.35. The van der Waals surface area contributed by atoms with Gasteiger partial charge in [-0.1, -0.05) is 0 Å². The zero-order valence-electron chi connectivity index (χ0n) is 11.6. The van der Waals surface area contributed by atoms with Crippen molar-refractivity contribution in [1.29, 1.82) is 0 Å². The maximum atomic E-state index is 12.4. The van der Waals surface area contributed by atoms with Gasteiger partial charge in [0.1, 0.15) is 0 Å². The zero-order valence-corrected chi connectivity index (χ0v) is 12.4. The van der Waals surface area contributed by atoms with Gasteiger partial charge in [0, 0.05) is 19.6 Å². The van der Waals surface area contributed by atoms with Gasteiger partial charge in [-0.25, -0.2) is 13.2 Å². The van der Waals surface area contributed by atoms with E-state index >= 15 is 0 Å². The summed E-state index contributed by atoms with van der Waals surface area (Å²) < 4.78 is 26.0. The Bertz CT molecular complexity index is 884. The molecule has 8 nitrogen and oxygen atoms in total. The van der Waals surface area contributed by atoms with E-state index in [4.69, 9.17) is 5.73 Å². The number of nitrogens with zero attached hydrogens (tertiary/aromatic N) is 1. The summed E-state index contributed by atoms with van der Waals surface area (Å²) in [6.07, 6.45) is 0.